The predicted octanol–water partition coefficient (Wildman–Crippen LogP) is 0.727. The standard InChI is InChI=1S/C5H10FNO4S/c1-2-3-4-11-5(8)7-12(6,9)10/h2-4H2,1H3,(H,7,8). The van der Waals surface area contributed by atoms with Crippen LogP contribution in [0.5, 0.6) is 0 Å². The topological polar surface area (TPSA) is 72.5 Å². The summed E-state index contributed by atoms with van der Waals surface area (Å²) < 4.78 is 36.6. The molecule has 72 valence electrons. The number of hydrogen-bond donors (Lipinski definition) is 1. The lowest BCUT2D eigenvalue weighted by Crippen LogP contribution is -2.28. The monoisotopic (exact) mass is 199 g/mol. The largest absolute Gasteiger partial charge is 0.449 e. The van der Waals surface area contributed by atoms with Crippen LogP contribution < -0.4 is 4.72 Å². The smallest absolute Gasteiger partial charge is 0.422 e. The van der Waals surface area contributed by atoms with E-state index in [-0.39, 0.29) is 6.61 Å². The Labute approximate surface area is 70.2 Å². The quantitative estimate of drug-likeness (QED) is 0.535. The van der Waals surface area contributed by atoms with E-state index in [2.05, 4.69) is 4.74 Å². The summed E-state index contributed by atoms with van der Waals surface area (Å²) in [7, 11) is -4.99. The molecule has 0 aromatic heterocycles. The molecule has 12 heavy (non-hydrogen) atoms. The highest BCUT2D eigenvalue weighted by Crippen LogP contribution is 1.90. The fourth-order valence-electron chi connectivity index (χ4n) is 0.438. The Balaban J connectivity index is 3.62. The summed E-state index contributed by atoms with van der Waals surface area (Å²) in [6.07, 6.45) is 0.126. The van der Waals surface area contributed by atoms with Crippen LogP contribution in [-0.2, 0) is 15.1 Å². The zero-order valence-corrected chi connectivity index (χ0v) is 7.36. The first kappa shape index (κ1) is 11.2. The molecule has 0 aliphatic rings. The van der Waals surface area contributed by atoms with E-state index in [1.807, 2.05) is 6.92 Å². The zero-order valence-electron chi connectivity index (χ0n) is 6.54. The van der Waals surface area contributed by atoms with E-state index in [9.17, 15) is 17.1 Å². The van der Waals surface area contributed by atoms with Crippen molar-refractivity contribution in [3.05, 3.63) is 0 Å². The van der Waals surface area contributed by atoms with Crippen molar-refractivity contribution >= 4 is 16.5 Å². The summed E-state index contributed by atoms with van der Waals surface area (Å²) in [4.78, 5) is 10.4. The molecule has 0 radical (unpaired) electrons. The SMILES string of the molecule is CCCCOC(=O)NS(=O)(=O)F. The molecule has 1 amide bonds. The number of nitrogens with one attached hydrogen (secondary N) is 1. The maximum absolute atomic E-state index is 11.7. The molecule has 0 aromatic rings. The zero-order chi connectivity index (χ0) is 9.61. The fourth-order valence-corrected chi connectivity index (χ4v) is 0.696. The fraction of sp³-hybridized carbons (Fsp3) is 0.800. The number of rotatable bonds is 4. The van der Waals surface area contributed by atoms with Crippen molar-refractivity contribution in [3.63, 3.8) is 0 Å². The highest BCUT2D eigenvalue weighted by Gasteiger charge is 2.12. The van der Waals surface area contributed by atoms with Crippen molar-refractivity contribution in [2.45, 2.75) is 19.8 Å². The van der Waals surface area contributed by atoms with E-state index in [4.69, 9.17) is 0 Å². The third-order valence-corrected chi connectivity index (χ3v) is 1.35. The van der Waals surface area contributed by atoms with Crippen LogP contribution in [0.1, 0.15) is 19.8 Å². The molecule has 0 aliphatic carbocycles. The minimum Gasteiger partial charge on any atom is -0.449 e. The molecule has 0 heterocycles. The van der Waals surface area contributed by atoms with Crippen molar-refractivity contribution in [2.75, 3.05) is 6.61 Å². The van der Waals surface area contributed by atoms with Gasteiger partial charge in [-0.05, 0) is 6.42 Å². The van der Waals surface area contributed by atoms with E-state index in [0.29, 0.717) is 6.42 Å². The van der Waals surface area contributed by atoms with Gasteiger partial charge < -0.3 is 4.74 Å². The Morgan fingerprint density at radius 1 is 1.58 bits per heavy atom. The lowest BCUT2D eigenvalue weighted by atomic mass is 10.4. The van der Waals surface area contributed by atoms with Gasteiger partial charge in [-0.3, -0.25) is 0 Å². The van der Waals surface area contributed by atoms with Gasteiger partial charge in [0.1, 0.15) is 0 Å². The molecule has 0 saturated heterocycles. The maximum atomic E-state index is 11.7. The molecule has 0 unspecified atom stereocenters. The van der Waals surface area contributed by atoms with Gasteiger partial charge in [-0.2, -0.15) is 13.1 Å². The second-order valence-corrected chi connectivity index (χ2v) is 3.11. The first-order valence-electron chi connectivity index (χ1n) is 3.35. The summed E-state index contributed by atoms with van der Waals surface area (Å²) >= 11 is 0. The molecular formula is C5H10FNO4S. The normalized spacial score (nSPS) is 10.8. The van der Waals surface area contributed by atoms with Crippen molar-refractivity contribution in [1.29, 1.82) is 0 Å². The van der Waals surface area contributed by atoms with Gasteiger partial charge in [-0.1, -0.05) is 17.2 Å². The first-order chi connectivity index (χ1) is 5.45. The number of carbonyl (C=O) groups excluding carboxylic acids is 1. The molecule has 0 spiro atoms. The van der Waals surface area contributed by atoms with E-state index >= 15 is 0 Å². The Morgan fingerprint density at radius 3 is 2.58 bits per heavy atom. The van der Waals surface area contributed by atoms with Crippen LogP contribution in [0.15, 0.2) is 0 Å². The third kappa shape index (κ3) is 7.26. The number of unbranched alkanes of at least 4 members (excludes halogenated alkanes) is 1. The average molecular weight is 199 g/mol. The maximum Gasteiger partial charge on any atom is 0.422 e. The van der Waals surface area contributed by atoms with Gasteiger partial charge in [-0.25, -0.2) is 4.79 Å². The molecular weight excluding hydrogens is 189 g/mol. The third-order valence-electron chi connectivity index (χ3n) is 0.936. The molecule has 0 rings (SSSR count). The summed E-state index contributed by atoms with van der Waals surface area (Å²) in [5.41, 5.74) is 0. The van der Waals surface area contributed by atoms with Crippen LogP contribution in [0, 0.1) is 0 Å². The molecule has 0 fully saturated rings. The molecule has 0 bridgehead atoms. The Bertz CT molecular complexity index is 238. The second-order valence-electron chi connectivity index (χ2n) is 2.03. The molecule has 0 aromatic carbocycles. The lowest BCUT2D eigenvalue weighted by Gasteiger charge is -2.01. The van der Waals surface area contributed by atoms with E-state index in [0.717, 1.165) is 11.1 Å². The van der Waals surface area contributed by atoms with E-state index < -0.39 is 16.5 Å². The van der Waals surface area contributed by atoms with Gasteiger partial charge in [0.2, 0.25) is 0 Å². The Hall–Kier alpha value is -0.850. The van der Waals surface area contributed by atoms with Crippen LogP contribution in [0.4, 0.5) is 8.68 Å². The second kappa shape index (κ2) is 4.91. The molecule has 1 N–H and O–H groups in total. The van der Waals surface area contributed by atoms with Gasteiger partial charge in [0.15, 0.2) is 0 Å². The lowest BCUT2D eigenvalue weighted by molar-refractivity contribution is 0.150. The molecule has 5 nitrogen and oxygen atoms in total. The number of halogens is 1. The highest BCUT2D eigenvalue weighted by molar-refractivity contribution is 7.84. The Morgan fingerprint density at radius 2 is 2.17 bits per heavy atom. The predicted molar refractivity (Wildman–Crippen MR) is 39.4 cm³/mol. The summed E-state index contributed by atoms with van der Waals surface area (Å²) in [5.74, 6) is 0. The van der Waals surface area contributed by atoms with E-state index in [1.54, 1.807) is 0 Å². The minimum absolute atomic E-state index is 0.0812. The molecule has 7 heteroatoms. The van der Waals surface area contributed by atoms with Crippen molar-refractivity contribution < 1.29 is 21.8 Å². The van der Waals surface area contributed by atoms with Crippen molar-refractivity contribution in [2.24, 2.45) is 0 Å². The summed E-state index contributed by atoms with van der Waals surface area (Å²) in [6, 6.07) is 0. The van der Waals surface area contributed by atoms with Gasteiger partial charge in [0.25, 0.3) is 0 Å². The van der Waals surface area contributed by atoms with Crippen LogP contribution in [0.25, 0.3) is 0 Å². The number of amides is 1. The van der Waals surface area contributed by atoms with Crippen molar-refractivity contribution in [1.82, 2.24) is 4.72 Å². The van der Waals surface area contributed by atoms with Crippen LogP contribution >= 0.6 is 0 Å². The van der Waals surface area contributed by atoms with Gasteiger partial charge in [-0.15, -0.1) is 0 Å². The number of carbonyl (C=O) groups is 1. The highest BCUT2D eigenvalue weighted by atomic mass is 32.3. The number of hydrogen-bond acceptors (Lipinski definition) is 4. The van der Waals surface area contributed by atoms with Crippen LogP contribution in [0.3, 0.4) is 0 Å². The Kier molecular flexibility index (Phi) is 4.57. The molecule has 0 aliphatic heterocycles. The van der Waals surface area contributed by atoms with Gasteiger partial charge in [0, 0.05) is 0 Å². The van der Waals surface area contributed by atoms with E-state index in [1.165, 1.54) is 0 Å². The minimum atomic E-state index is -4.99. The summed E-state index contributed by atoms with van der Waals surface area (Å²) in [5, 5.41) is 0. The van der Waals surface area contributed by atoms with Gasteiger partial charge >= 0.3 is 16.5 Å². The molecule has 0 atom stereocenters. The van der Waals surface area contributed by atoms with Crippen LogP contribution in [0.2, 0.25) is 0 Å². The number of ether oxygens (including phenoxy) is 1. The molecule has 0 saturated carbocycles. The van der Waals surface area contributed by atoms with Gasteiger partial charge in [0.05, 0.1) is 6.61 Å². The van der Waals surface area contributed by atoms with Crippen LogP contribution in [-0.4, -0.2) is 21.1 Å². The average Bonchev–Trinajstić information content (AvgIpc) is 1.84. The summed E-state index contributed by atoms with van der Waals surface area (Å²) in [6.45, 7) is 1.95. The van der Waals surface area contributed by atoms with Crippen molar-refractivity contribution in [3.8, 4) is 0 Å². The first-order valence-corrected chi connectivity index (χ1v) is 4.73.